The number of benzene rings is 3. The summed E-state index contributed by atoms with van der Waals surface area (Å²) in [6.07, 6.45) is 2.52. The third-order valence-corrected chi connectivity index (χ3v) is 6.09. The first-order valence-corrected chi connectivity index (χ1v) is 11.9. The van der Waals surface area contributed by atoms with Crippen molar-refractivity contribution in [2.24, 2.45) is 0 Å². The fourth-order valence-corrected chi connectivity index (χ4v) is 4.21. The van der Waals surface area contributed by atoms with Crippen molar-refractivity contribution in [1.82, 2.24) is 15.2 Å². The van der Waals surface area contributed by atoms with E-state index in [4.69, 9.17) is 0 Å². The Morgan fingerprint density at radius 3 is 1.94 bits per heavy atom. The number of aliphatic carboxylic acids is 1. The van der Waals surface area contributed by atoms with Crippen LogP contribution in [0, 0.1) is 0 Å². The predicted molar refractivity (Wildman–Crippen MR) is 138 cm³/mol. The maximum atomic E-state index is 13.2. The van der Waals surface area contributed by atoms with Crippen LogP contribution in [0.25, 0.3) is 10.9 Å². The quantitative estimate of drug-likeness (QED) is 0.304. The van der Waals surface area contributed by atoms with Gasteiger partial charge in [0.2, 0.25) is 11.8 Å². The topological polar surface area (TPSA) is 100 Å². The molecule has 0 spiro atoms. The molecule has 4 aromatic rings. The van der Waals surface area contributed by atoms with E-state index in [2.05, 4.69) is 10.6 Å². The molecular weight excluding hydrogens is 454 g/mol. The number of nitrogens with zero attached hydrogens (tertiary/aromatic N) is 1. The highest BCUT2D eigenvalue weighted by molar-refractivity contribution is 5.90. The van der Waals surface area contributed by atoms with Gasteiger partial charge in [-0.1, -0.05) is 78.9 Å². The van der Waals surface area contributed by atoms with Gasteiger partial charge in [0, 0.05) is 37.5 Å². The molecule has 2 atom stereocenters. The van der Waals surface area contributed by atoms with E-state index in [1.165, 1.54) is 0 Å². The number of para-hydroxylation sites is 1. The van der Waals surface area contributed by atoms with Crippen LogP contribution in [-0.4, -0.2) is 39.5 Å². The van der Waals surface area contributed by atoms with Crippen molar-refractivity contribution in [2.75, 3.05) is 0 Å². The van der Waals surface area contributed by atoms with E-state index >= 15 is 0 Å². The molecule has 2 amide bonds. The van der Waals surface area contributed by atoms with Crippen LogP contribution in [0.2, 0.25) is 0 Å². The van der Waals surface area contributed by atoms with Gasteiger partial charge in [-0.25, -0.2) is 4.79 Å². The first-order valence-electron chi connectivity index (χ1n) is 11.9. The largest absolute Gasteiger partial charge is 0.480 e. The van der Waals surface area contributed by atoms with E-state index < -0.39 is 24.0 Å². The summed E-state index contributed by atoms with van der Waals surface area (Å²) >= 11 is 0. The molecule has 1 heterocycles. The second kappa shape index (κ2) is 11.8. The Hall–Kier alpha value is -4.39. The molecule has 0 saturated carbocycles. The smallest absolute Gasteiger partial charge is 0.326 e. The van der Waals surface area contributed by atoms with Crippen LogP contribution < -0.4 is 10.6 Å². The van der Waals surface area contributed by atoms with Gasteiger partial charge in [0.25, 0.3) is 0 Å². The van der Waals surface area contributed by atoms with Gasteiger partial charge in [-0.15, -0.1) is 0 Å². The van der Waals surface area contributed by atoms with Crippen LogP contribution in [0.4, 0.5) is 0 Å². The molecule has 184 valence electrons. The van der Waals surface area contributed by atoms with Crippen molar-refractivity contribution >= 4 is 28.7 Å². The molecule has 0 aliphatic carbocycles. The maximum Gasteiger partial charge on any atom is 0.326 e. The first kappa shape index (κ1) is 24.7. The van der Waals surface area contributed by atoms with E-state index in [1.807, 2.05) is 102 Å². The summed E-state index contributed by atoms with van der Waals surface area (Å²) in [4.78, 5) is 37.9. The average molecular weight is 484 g/mol. The van der Waals surface area contributed by atoms with Gasteiger partial charge >= 0.3 is 5.97 Å². The highest BCUT2D eigenvalue weighted by Gasteiger charge is 2.27. The second-order valence-electron chi connectivity index (χ2n) is 8.72. The lowest BCUT2D eigenvalue weighted by molar-refractivity contribution is -0.142. The molecule has 1 aromatic heterocycles. The van der Waals surface area contributed by atoms with Gasteiger partial charge in [0.15, 0.2) is 0 Å². The molecule has 0 unspecified atom stereocenters. The molecule has 0 radical (unpaired) electrons. The van der Waals surface area contributed by atoms with Crippen molar-refractivity contribution in [3.63, 3.8) is 0 Å². The summed E-state index contributed by atoms with van der Waals surface area (Å²) in [7, 11) is 0. The molecule has 0 bridgehead atoms. The molecule has 4 rings (SSSR count). The van der Waals surface area contributed by atoms with Gasteiger partial charge in [0.1, 0.15) is 12.1 Å². The number of carboxylic acids is 1. The van der Waals surface area contributed by atoms with Crippen LogP contribution in [0.3, 0.4) is 0 Å². The van der Waals surface area contributed by atoms with Gasteiger partial charge in [-0.3, -0.25) is 9.59 Å². The Morgan fingerprint density at radius 2 is 1.31 bits per heavy atom. The van der Waals surface area contributed by atoms with Gasteiger partial charge in [-0.05, 0) is 28.6 Å². The zero-order chi connectivity index (χ0) is 25.3. The maximum absolute atomic E-state index is 13.2. The zero-order valence-electron chi connectivity index (χ0n) is 19.8. The SMILES string of the molecule is O=C(CCn1ccc2ccccc21)N[C@@H](Cc1ccccc1)C(=O)N[C@@H](Cc1ccccc1)C(=O)O. The summed E-state index contributed by atoms with van der Waals surface area (Å²) in [5.74, 6) is -1.93. The second-order valence-corrected chi connectivity index (χ2v) is 8.72. The molecule has 0 saturated heterocycles. The number of hydrogen-bond acceptors (Lipinski definition) is 3. The third kappa shape index (κ3) is 6.60. The van der Waals surface area contributed by atoms with Crippen molar-refractivity contribution in [2.45, 2.75) is 37.9 Å². The zero-order valence-corrected chi connectivity index (χ0v) is 19.8. The minimum absolute atomic E-state index is 0.147. The van der Waals surface area contributed by atoms with Crippen LogP contribution >= 0.6 is 0 Å². The van der Waals surface area contributed by atoms with Gasteiger partial charge < -0.3 is 20.3 Å². The lowest BCUT2D eigenvalue weighted by Gasteiger charge is -2.22. The van der Waals surface area contributed by atoms with E-state index in [0.717, 1.165) is 22.0 Å². The summed E-state index contributed by atoms with van der Waals surface area (Å²) in [6, 6.07) is 26.4. The van der Waals surface area contributed by atoms with Crippen LogP contribution in [0.15, 0.2) is 97.2 Å². The Morgan fingerprint density at radius 1 is 0.722 bits per heavy atom. The number of fused-ring (bicyclic) bond motifs is 1. The van der Waals surface area contributed by atoms with Crippen LogP contribution in [-0.2, 0) is 33.8 Å². The van der Waals surface area contributed by atoms with Crippen molar-refractivity contribution in [3.8, 4) is 0 Å². The predicted octanol–water partition coefficient (Wildman–Crippen LogP) is 3.57. The van der Waals surface area contributed by atoms with Crippen LogP contribution in [0.1, 0.15) is 17.5 Å². The van der Waals surface area contributed by atoms with E-state index in [9.17, 15) is 19.5 Å². The summed E-state index contributed by atoms with van der Waals surface area (Å²) < 4.78 is 2.00. The number of hydrogen-bond donors (Lipinski definition) is 3. The molecule has 7 heteroatoms. The lowest BCUT2D eigenvalue weighted by Crippen LogP contribution is -2.53. The van der Waals surface area contributed by atoms with Gasteiger partial charge in [0.05, 0.1) is 0 Å². The molecular formula is C29H29N3O4. The average Bonchev–Trinajstić information content (AvgIpc) is 3.31. The summed E-state index contributed by atoms with van der Waals surface area (Å²) in [5.41, 5.74) is 2.70. The molecule has 3 aromatic carbocycles. The number of carbonyl (C=O) groups excluding carboxylic acids is 2. The van der Waals surface area contributed by atoms with Crippen LogP contribution in [0.5, 0.6) is 0 Å². The number of nitrogens with one attached hydrogen (secondary N) is 2. The van der Waals surface area contributed by atoms with E-state index in [-0.39, 0.29) is 25.2 Å². The molecule has 7 nitrogen and oxygen atoms in total. The lowest BCUT2D eigenvalue weighted by atomic mass is 10.0. The highest BCUT2D eigenvalue weighted by Crippen LogP contribution is 2.15. The monoisotopic (exact) mass is 483 g/mol. The summed E-state index contributed by atoms with van der Waals surface area (Å²) in [5, 5.41) is 16.3. The first-order chi connectivity index (χ1) is 17.5. The Labute approximate surface area is 209 Å². The van der Waals surface area contributed by atoms with Crippen molar-refractivity contribution in [1.29, 1.82) is 0 Å². The van der Waals surface area contributed by atoms with E-state index in [1.54, 1.807) is 0 Å². The number of rotatable bonds is 11. The minimum Gasteiger partial charge on any atom is -0.480 e. The Bertz CT molecular complexity index is 1320. The molecule has 3 N–H and O–H groups in total. The van der Waals surface area contributed by atoms with Crippen molar-refractivity contribution in [3.05, 3.63) is 108 Å². The fourth-order valence-electron chi connectivity index (χ4n) is 4.21. The highest BCUT2D eigenvalue weighted by atomic mass is 16.4. The third-order valence-electron chi connectivity index (χ3n) is 6.09. The number of carboxylic acid groups (broad SMARTS) is 1. The molecule has 0 aliphatic rings. The Balaban J connectivity index is 1.44. The Kier molecular flexibility index (Phi) is 8.13. The normalized spacial score (nSPS) is 12.6. The number of aryl methyl sites for hydroxylation is 1. The number of aromatic nitrogens is 1. The summed E-state index contributed by atoms with van der Waals surface area (Å²) in [6.45, 7) is 0.463. The molecule has 36 heavy (non-hydrogen) atoms. The van der Waals surface area contributed by atoms with E-state index in [0.29, 0.717) is 6.54 Å². The number of carbonyl (C=O) groups is 3. The van der Waals surface area contributed by atoms with Crippen molar-refractivity contribution < 1.29 is 19.5 Å². The fraction of sp³-hybridized carbons (Fsp3) is 0.207. The minimum atomic E-state index is -1.13. The standard InChI is InChI=1S/C29H29N3O4/c33-27(16-18-32-17-15-23-13-7-8-14-26(23)32)30-24(19-21-9-3-1-4-10-21)28(34)31-25(29(35)36)20-22-11-5-2-6-12-22/h1-15,17,24-25H,16,18-20H2,(H,30,33)(H,31,34)(H,35,36)/t24-,25-/m0/s1. The molecule has 0 fully saturated rings. The number of amides is 2. The molecule has 0 aliphatic heterocycles. The van der Waals surface area contributed by atoms with Gasteiger partial charge in [-0.2, -0.15) is 0 Å².